The molecule has 1 aliphatic heterocycles. The summed E-state index contributed by atoms with van der Waals surface area (Å²) in [4.78, 5) is 17.9. The maximum atomic E-state index is 12.9. The SMILES string of the molecule is O=C(OCc1ccccc1)[C@@H]1Cc2nc(-c3n[nH]c4cc(Br)ccc34)n(Cc3ccccc3)c2CN1. The van der Waals surface area contributed by atoms with Crippen molar-refractivity contribution in [2.75, 3.05) is 0 Å². The van der Waals surface area contributed by atoms with E-state index in [4.69, 9.17) is 9.72 Å². The average Bonchev–Trinajstić information content (AvgIpc) is 3.48. The van der Waals surface area contributed by atoms with Crippen LogP contribution in [0.5, 0.6) is 0 Å². The molecular weight excluding hydrogens is 518 g/mol. The van der Waals surface area contributed by atoms with Crippen molar-refractivity contribution >= 4 is 32.8 Å². The molecule has 0 bridgehead atoms. The van der Waals surface area contributed by atoms with Gasteiger partial charge < -0.3 is 9.30 Å². The van der Waals surface area contributed by atoms with Crippen molar-refractivity contribution in [3.05, 3.63) is 106 Å². The first-order valence-electron chi connectivity index (χ1n) is 11.9. The monoisotopic (exact) mass is 541 g/mol. The molecule has 0 unspecified atom stereocenters. The van der Waals surface area contributed by atoms with E-state index in [1.807, 2.05) is 66.7 Å². The van der Waals surface area contributed by atoms with Crippen molar-refractivity contribution in [1.82, 2.24) is 25.1 Å². The Balaban J connectivity index is 1.32. The van der Waals surface area contributed by atoms with E-state index in [-0.39, 0.29) is 12.6 Å². The number of H-pyrrole nitrogens is 1. The van der Waals surface area contributed by atoms with Crippen molar-refractivity contribution in [3.8, 4) is 11.5 Å². The average molecular weight is 542 g/mol. The lowest BCUT2D eigenvalue weighted by molar-refractivity contribution is -0.147. The number of ether oxygens (including phenoxy) is 1. The Morgan fingerprint density at radius 3 is 2.56 bits per heavy atom. The molecule has 0 spiro atoms. The Labute approximate surface area is 216 Å². The molecular formula is C28H24BrN5O2. The van der Waals surface area contributed by atoms with Crippen LogP contribution in [0.3, 0.4) is 0 Å². The van der Waals surface area contributed by atoms with Gasteiger partial charge in [0.2, 0.25) is 0 Å². The third-order valence-corrected chi connectivity index (χ3v) is 6.99. The van der Waals surface area contributed by atoms with E-state index in [2.05, 4.69) is 48.1 Å². The zero-order valence-electron chi connectivity index (χ0n) is 19.4. The molecule has 2 aromatic heterocycles. The van der Waals surface area contributed by atoms with E-state index in [1.165, 1.54) is 5.56 Å². The molecule has 2 N–H and O–H groups in total. The molecule has 0 fully saturated rings. The van der Waals surface area contributed by atoms with Gasteiger partial charge in [-0.15, -0.1) is 0 Å². The number of fused-ring (bicyclic) bond motifs is 2. The van der Waals surface area contributed by atoms with E-state index in [1.54, 1.807) is 0 Å². The Kier molecular flexibility index (Phi) is 6.13. The number of esters is 1. The number of carbonyl (C=O) groups excluding carboxylic acids is 1. The van der Waals surface area contributed by atoms with E-state index in [9.17, 15) is 4.79 Å². The zero-order valence-corrected chi connectivity index (χ0v) is 21.0. The highest BCUT2D eigenvalue weighted by Gasteiger charge is 2.31. The van der Waals surface area contributed by atoms with Crippen LogP contribution >= 0.6 is 15.9 Å². The predicted molar refractivity (Wildman–Crippen MR) is 141 cm³/mol. The lowest BCUT2D eigenvalue weighted by Gasteiger charge is -2.23. The number of imidazole rings is 1. The second-order valence-electron chi connectivity index (χ2n) is 8.89. The Bertz CT molecular complexity index is 1530. The summed E-state index contributed by atoms with van der Waals surface area (Å²) >= 11 is 3.53. The largest absolute Gasteiger partial charge is 0.460 e. The van der Waals surface area contributed by atoms with Gasteiger partial charge in [0.25, 0.3) is 0 Å². The van der Waals surface area contributed by atoms with Gasteiger partial charge in [-0.1, -0.05) is 76.6 Å². The molecule has 0 aliphatic carbocycles. The van der Waals surface area contributed by atoms with Gasteiger partial charge in [0, 0.05) is 29.4 Å². The predicted octanol–water partition coefficient (Wildman–Crippen LogP) is 4.99. The van der Waals surface area contributed by atoms with Crippen molar-refractivity contribution in [2.24, 2.45) is 0 Å². The molecule has 0 radical (unpaired) electrons. The minimum atomic E-state index is -0.443. The number of aromatic nitrogens is 4. The Morgan fingerprint density at radius 2 is 1.78 bits per heavy atom. The van der Waals surface area contributed by atoms with Gasteiger partial charge in [0.05, 0.1) is 16.9 Å². The van der Waals surface area contributed by atoms with Gasteiger partial charge in [-0.05, 0) is 29.3 Å². The molecule has 6 rings (SSSR count). The molecule has 0 saturated carbocycles. The summed E-state index contributed by atoms with van der Waals surface area (Å²) in [6.45, 7) is 1.44. The number of nitrogens with one attached hydrogen (secondary N) is 2. The third-order valence-electron chi connectivity index (χ3n) is 6.50. The van der Waals surface area contributed by atoms with Crippen LogP contribution < -0.4 is 5.32 Å². The zero-order chi connectivity index (χ0) is 24.5. The first kappa shape index (κ1) is 22.7. The van der Waals surface area contributed by atoms with E-state index in [0.29, 0.717) is 19.5 Å². The quantitative estimate of drug-likeness (QED) is 0.295. The highest BCUT2D eigenvalue weighted by Crippen LogP contribution is 2.31. The van der Waals surface area contributed by atoms with Crippen LogP contribution in [0.2, 0.25) is 0 Å². The standard InChI is InChI=1S/C28H24BrN5O2/c29-20-11-12-21-22(13-20)32-33-26(21)27-31-23-14-24(28(35)36-17-19-9-5-2-6-10-19)30-15-25(23)34(27)16-18-7-3-1-4-8-18/h1-13,24,30H,14-17H2,(H,32,33)/t24-/m0/s1. The van der Waals surface area contributed by atoms with Gasteiger partial charge in [-0.25, -0.2) is 4.98 Å². The molecule has 0 amide bonds. The fraction of sp³-hybridized carbons (Fsp3) is 0.179. The van der Waals surface area contributed by atoms with Gasteiger partial charge >= 0.3 is 5.97 Å². The summed E-state index contributed by atoms with van der Waals surface area (Å²) in [5, 5.41) is 12.1. The fourth-order valence-electron chi connectivity index (χ4n) is 4.66. The first-order chi connectivity index (χ1) is 17.7. The Hall–Kier alpha value is -3.75. The van der Waals surface area contributed by atoms with E-state index < -0.39 is 6.04 Å². The number of rotatable bonds is 6. The highest BCUT2D eigenvalue weighted by molar-refractivity contribution is 9.10. The van der Waals surface area contributed by atoms with Crippen LogP contribution in [0.15, 0.2) is 83.3 Å². The van der Waals surface area contributed by atoms with E-state index >= 15 is 0 Å². The summed E-state index contributed by atoms with van der Waals surface area (Å²) in [5.41, 5.74) is 5.83. The molecule has 3 heterocycles. The molecule has 7 nitrogen and oxygen atoms in total. The minimum Gasteiger partial charge on any atom is -0.460 e. The summed E-state index contributed by atoms with van der Waals surface area (Å²) < 4.78 is 8.79. The first-order valence-corrected chi connectivity index (χ1v) is 12.6. The highest BCUT2D eigenvalue weighted by atomic mass is 79.9. The van der Waals surface area contributed by atoms with Gasteiger partial charge in [0.1, 0.15) is 18.3 Å². The van der Waals surface area contributed by atoms with Gasteiger partial charge in [-0.2, -0.15) is 5.10 Å². The van der Waals surface area contributed by atoms with Crippen LogP contribution in [0.1, 0.15) is 22.5 Å². The molecule has 1 aliphatic rings. The number of aromatic amines is 1. The van der Waals surface area contributed by atoms with Crippen molar-refractivity contribution < 1.29 is 9.53 Å². The topological polar surface area (TPSA) is 84.8 Å². The van der Waals surface area contributed by atoms with Crippen LogP contribution in [0, 0.1) is 0 Å². The van der Waals surface area contributed by atoms with E-state index in [0.717, 1.165) is 43.8 Å². The van der Waals surface area contributed by atoms with Crippen molar-refractivity contribution in [3.63, 3.8) is 0 Å². The van der Waals surface area contributed by atoms with Crippen LogP contribution in [-0.4, -0.2) is 31.8 Å². The molecule has 3 aromatic carbocycles. The summed E-state index contributed by atoms with van der Waals surface area (Å²) in [7, 11) is 0. The number of carbonyl (C=O) groups is 1. The summed E-state index contributed by atoms with van der Waals surface area (Å²) in [6.07, 6.45) is 0.464. The van der Waals surface area contributed by atoms with Crippen LogP contribution in [0.25, 0.3) is 22.4 Å². The van der Waals surface area contributed by atoms with Crippen molar-refractivity contribution in [2.45, 2.75) is 32.2 Å². The minimum absolute atomic E-state index is 0.257. The van der Waals surface area contributed by atoms with Crippen molar-refractivity contribution in [1.29, 1.82) is 0 Å². The molecule has 1 atom stereocenters. The van der Waals surface area contributed by atoms with Gasteiger partial charge in [-0.3, -0.25) is 15.2 Å². The molecule has 180 valence electrons. The van der Waals surface area contributed by atoms with Gasteiger partial charge in [0.15, 0.2) is 5.82 Å². The lowest BCUT2D eigenvalue weighted by atomic mass is 10.1. The maximum Gasteiger partial charge on any atom is 0.323 e. The maximum absolute atomic E-state index is 12.9. The summed E-state index contributed by atoms with van der Waals surface area (Å²) in [6, 6.07) is 25.6. The third kappa shape index (κ3) is 4.45. The molecule has 5 aromatic rings. The molecule has 36 heavy (non-hydrogen) atoms. The smallest absolute Gasteiger partial charge is 0.323 e. The number of benzene rings is 3. The number of hydrogen-bond donors (Lipinski definition) is 2. The number of hydrogen-bond acceptors (Lipinski definition) is 5. The van der Waals surface area contributed by atoms with Crippen LogP contribution in [0.4, 0.5) is 0 Å². The summed E-state index contributed by atoms with van der Waals surface area (Å²) in [5.74, 6) is 0.524. The molecule has 8 heteroatoms. The van der Waals surface area contributed by atoms with Crippen LogP contribution in [-0.2, 0) is 35.6 Å². The number of nitrogens with zero attached hydrogens (tertiary/aromatic N) is 3. The second-order valence-corrected chi connectivity index (χ2v) is 9.81. The number of halogens is 1. The normalized spacial score (nSPS) is 15.1. The molecule has 0 saturated heterocycles. The lowest BCUT2D eigenvalue weighted by Crippen LogP contribution is -2.43. The second kappa shape index (κ2) is 9.72. The fourth-order valence-corrected chi connectivity index (χ4v) is 5.02. The Morgan fingerprint density at radius 1 is 1.03 bits per heavy atom.